The van der Waals surface area contributed by atoms with Crippen molar-refractivity contribution in [1.29, 1.82) is 0 Å². The summed E-state index contributed by atoms with van der Waals surface area (Å²) in [5.74, 6) is 1.50. The molecule has 0 aliphatic heterocycles. The Morgan fingerprint density at radius 1 is 1.30 bits per heavy atom. The molecule has 0 aliphatic rings. The largest absolute Gasteiger partial charge is 0.494 e. The van der Waals surface area contributed by atoms with Crippen LogP contribution in [0.15, 0.2) is 36.8 Å². The number of Topliss-reactive ketones (excluding diaryl/α,β-unsaturated/α-hetero) is 1. The second-order valence-electron chi connectivity index (χ2n) is 6.06. The number of ketones is 1. The van der Waals surface area contributed by atoms with E-state index >= 15 is 0 Å². The van der Waals surface area contributed by atoms with Crippen molar-refractivity contribution in [2.45, 2.75) is 13.3 Å². The fourth-order valence-electron chi connectivity index (χ4n) is 2.92. The highest BCUT2D eigenvalue weighted by atomic mass is 16.5. The Balaban J connectivity index is 2.15. The lowest BCUT2D eigenvalue weighted by Gasteiger charge is -2.25. The Hall–Kier alpha value is -3.42. The van der Waals surface area contributed by atoms with Gasteiger partial charge in [-0.3, -0.25) is 9.48 Å². The summed E-state index contributed by atoms with van der Waals surface area (Å²) in [6.45, 7) is 1.82. The van der Waals surface area contributed by atoms with Gasteiger partial charge in [0, 0.05) is 32.8 Å². The molecular formula is C19H22N6O2. The van der Waals surface area contributed by atoms with Crippen LogP contribution in [-0.4, -0.2) is 39.7 Å². The highest BCUT2D eigenvalue weighted by Crippen LogP contribution is 2.40. The number of carbonyl (C=O) groups excluding carboxylic acids is 1. The zero-order valence-corrected chi connectivity index (χ0v) is 15.8. The number of methoxy groups -OCH3 is 1. The minimum atomic E-state index is -0.00846. The van der Waals surface area contributed by atoms with Gasteiger partial charge in [0.05, 0.1) is 29.6 Å². The van der Waals surface area contributed by atoms with E-state index in [2.05, 4.69) is 15.1 Å². The Bertz CT molecular complexity index is 982. The van der Waals surface area contributed by atoms with Crippen LogP contribution in [0.1, 0.15) is 23.7 Å². The monoisotopic (exact) mass is 366 g/mol. The normalized spacial score (nSPS) is 10.7. The Labute approximate surface area is 157 Å². The van der Waals surface area contributed by atoms with E-state index in [-0.39, 0.29) is 5.78 Å². The van der Waals surface area contributed by atoms with Gasteiger partial charge in [-0.15, -0.1) is 0 Å². The van der Waals surface area contributed by atoms with Crippen molar-refractivity contribution >= 4 is 23.0 Å². The molecule has 3 rings (SSSR count). The van der Waals surface area contributed by atoms with Crippen molar-refractivity contribution in [1.82, 2.24) is 19.7 Å². The summed E-state index contributed by atoms with van der Waals surface area (Å²) in [7, 11) is 5.26. The van der Waals surface area contributed by atoms with Crippen LogP contribution in [-0.2, 0) is 7.05 Å². The summed E-state index contributed by atoms with van der Waals surface area (Å²) in [4.78, 5) is 22.6. The SMILES string of the molecule is CCC(=O)c1cnc(N)cc1N(C)c1cccc(-c2ncn(C)n2)c1OC. The second-order valence-corrected chi connectivity index (χ2v) is 6.06. The molecule has 2 heterocycles. The van der Waals surface area contributed by atoms with Crippen LogP contribution in [0.5, 0.6) is 5.75 Å². The number of aryl methyl sites for hydroxylation is 1. The molecule has 2 N–H and O–H groups in total. The van der Waals surface area contributed by atoms with Gasteiger partial charge in [-0.1, -0.05) is 13.0 Å². The lowest BCUT2D eigenvalue weighted by Crippen LogP contribution is -2.16. The Morgan fingerprint density at radius 2 is 2.07 bits per heavy atom. The second kappa shape index (κ2) is 7.45. The third-order valence-corrected chi connectivity index (χ3v) is 4.29. The quantitative estimate of drug-likeness (QED) is 0.670. The number of aromatic nitrogens is 4. The molecule has 0 amide bonds. The van der Waals surface area contributed by atoms with Crippen molar-refractivity contribution in [3.8, 4) is 17.1 Å². The van der Waals surface area contributed by atoms with Crippen molar-refractivity contribution < 1.29 is 9.53 Å². The number of benzene rings is 1. The topological polar surface area (TPSA) is 99.2 Å². The van der Waals surface area contributed by atoms with Crippen LogP contribution >= 0.6 is 0 Å². The zero-order valence-electron chi connectivity index (χ0n) is 15.8. The number of pyridine rings is 1. The maximum absolute atomic E-state index is 12.4. The summed E-state index contributed by atoms with van der Waals surface area (Å²) >= 11 is 0. The van der Waals surface area contributed by atoms with Crippen molar-refractivity contribution in [2.75, 3.05) is 24.8 Å². The number of carbonyl (C=O) groups is 1. The van der Waals surface area contributed by atoms with Crippen LogP contribution < -0.4 is 15.4 Å². The fraction of sp³-hybridized carbons (Fsp3) is 0.263. The lowest BCUT2D eigenvalue weighted by molar-refractivity contribution is 0.0988. The predicted octanol–water partition coefficient (Wildman–Crippen LogP) is 2.83. The van der Waals surface area contributed by atoms with E-state index in [1.54, 1.807) is 31.2 Å². The number of nitrogens with zero attached hydrogens (tertiary/aromatic N) is 5. The molecule has 0 saturated heterocycles. The number of nitrogens with two attached hydrogens (primary N) is 1. The fourth-order valence-corrected chi connectivity index (χ4v) is 2.92. The lowest BCUT2D eigenvalue weighted by atomic mass is 10.1. The van der Waals surface area contributed by atoms with Crippen molar-refractivity contribution in [3.05, 3.63) is 42.4 Å². The molecule has 0 fully saturated rings. The predicted molar refractivity (Wildman–Crippen MR) is 104 cm³/mol. The number of nitrogen functional groups attached to an aromatic ring is 1. The smallest absolute Gasteiger partial charge is 0.184 e. The highest BCUT2D eigenvalue weighted by molar-refractivity contribution is 6.02. The molecule has 0 radical (unpaired) electrons. The molecule has 0 aliphatic carbocycles. The van der Waals surface area contributed by atoms with E-state index in [9.17, 15) is 4.79 Å². The van der Waals surface area contributed by atoms with Crippen LogP contribution in [0.4, 0.5) is 17.2 Å². The number of ether oxygens (including phenoxy) is 1. The number of hydrogen-bond acceptors (Lipinski definition) is 7. The molecule has 140 valence electrons. The summed E-state index contributed by atoms with van der Waals surface area (Å²) in [6, 6.07) is 7.38. The average Bonchev–Trinajstić information content (AvgIpc) is 3.12. The molecule has 0 saturated carbocycles. The third-order valence-electron chi connectivity index (χ3n) is 4.29. The van der Waals surface area contributed by atoms with Gasteiger partial charge >= 0.3 is 0 Å². The number of rotatable bonds is 6. The van der Waals surface area contributed by atoms with Gasteiger partial charge in [-0.2, -0.15) is 5.10 Å². The number of hydrogen-bond donors (Lipinski definition) is 1. The summed E-state index contributed by atoms with van der Waals surface area (Å²) in [5.41, 5.74) is 8.57. The summed E-state index contributed by atoms with van der Waals surface area (Å²) in [6.07, 6.45) is 3.53. The number of anilines is 3. The van der Waals surface area contributed by atoms with Gasteiger partial charge in [-0.05, 0) is 12.1 Å². The first kappa shape index (κ1) is 18.4. The highest BCUT2D eigenvalue weighted by Gasteiger charge is 2.21. The molecule has 1 aromatic carbocycles. The van der Waals surface area contributed by atoms with Crippen molar-refractivity contribution in [3.63, 3.8) is 0 Å². The Morgan fingerprint density at radius 3 is 2.70 bits per heavy atom. The first-order valence-corrected chi connectivity index (χ1v) is 8.51. The van der Waals surface area contributed by atoms with E-state index in [4.69, 9.17) is 10.5 Å². The third kappa shape index (κ3) is 3.46. The van der Waals surface area contributed by atoms with Crippen LogP contribution in [0.2, 0.25) is 0 Å². The Kier molecular flexibility index (Phi) is 5.07. The van der Waals surface area contributed by atoms with E-state index in [0.29, 0.717) is 35.1 Å². The van der Waals surface area contributed by atoms with Gasteiger partial charge in [-0.25, -0.2) is 9.97 Å². The van der Waals surface area contributed by atoms with Gasteiger partial charge < -0.3 is 15.4 Å². The van der Waals surface area contributed by atoms with E-state index in [0.717, 1.165) is 11.3 Å². The molecule has 8 heteroatoms. The van der Waals surface area contributed by atoms with Crippen LogP contribution in [0.25, 0.3) is 11.4 Å². The molecule has 0 unspecified atom stereocenters. The standard InChI is InChI=1S/C19H22N6O2/c1-5-16(26)13-10-21-17(20)9-15(13)25(3)14-8-6-7-12(18(14)27-4)19-22-11-24(2)23-19/h6-11H,5H2,1-4H3,(H2,20,21). The molecule has 0 atom stereocenters. The van der Waals surface area contributed by atoms with E-state index in [1.807, 2.05) is 37.1 Å². The summed E-state index contributed by atoms with van der Waals surface area (Å²) in [5, 5.41) is 4.36. The molecule has 0 bridgehead atoms. The average molecular weight is 366 g/mol. The molecule has 0 spiro atoms. The minimum Gasteiger partial charge on any atom is -0.494 e. The van der Waals surface area contributed by atoms with Crippen LogP contribution in [0, 0.1) is 0 Å². The van der Waals surface area contributed by atoms with Gasteiger partial charge in [0.15, 0.2) is 17.4 Å². The van der Waals surface area contributed by atoms with Gasteiger partial charge in [0.25, 0.3) is 0 Å². The van der Waals surface area contributed by atoms with E-state index in [1.165, 1.54) is 6.20 Å². The van der Waals surface area contributed by atoms with Crippen LogP contribution in [0.3, 0.4) is 0 Å². The zero-order chi connectivity index (χ0) is 19.6. The maximum Gasteiger partial charge on any atom is 0.184 e. The molecule has 3 aromatic rings. The van der Waals surface area contributed by atoms with Crippen molar-refractivity contribution in [2.24, 2.45) is 7.05 Å². The number of para-hydroxylation sites is 1. The van der Waals surface area contributed by atoms with E-state index < -0.39 is 0 Å². The first-order chi connectivity index (χ1) is 13.0. The van der Waals surface area contributed by atoms with Gasteiger partial charge in [0.1, 0.15) is 12.1 Å². The molecule has 8 nitrogen and oxygen atoms in total. The minimum absolute atomic E-state index is 0.00846. The first-order valence-electron chi connectivity index (χ1n) is 8.51. The molecule has 27 heavy (non-hydrogen) atoms. The molecular weight excluding hydrogens is 344 g/mol. The maximum atomic E-state index is 12.4. The van der Waals surface area contributed by atoms with Gasteiger partial charge in [0.2, 0.25) is 0 Å². The summed E-state index contributed by atoms with van der Waals surface area (Å²) < 4.78 is 7.31. The molecule has 2 aromatic heterocycles.